The number of rotatable bonds is 5. The van der Waals surface area contributed by atoms with Crippen LogP contribution >= 0.6 is 0 Å². The average Bonchev–Trinajstić information content (AvgIpc) is 3.66. The number of fused-ring (bicyclic) bond motifs is 10. The van der Waals surface area contributed by atoms with E-state index in [0.717, 1.165) is 66.8 Å². The second-order valence-corrected chi connectivity index (χ2v) is 14.9. The van der Waals surface area contributed by atoms with Crippen LogP contribution < -0.4 is 31.1 Å². The van der Waals surface area contributed by atoms with Gasteiger partial charge in [-0.05, 0) is 113 Å². The van der Waals surface area contributed by atoms with Gasteiger partial charge < -0.3 is 19.1 Å². The molecule has 0 spiro atoms. The van der Waals surface area contributed by atoms with Crippen LogP contribution in [0.4, 0.5) is 51.2 Å². The Kier molecular flexibility index (Phi) is 6.99. The van der Waals surface area contributed by atoms with Crippen LogP contribution in [-0.4, -0.2) is 6.71 Å². The molecule has 0 unspecified atom stereocenters. The Hall–Kier alpha value is -7.50. The zero-order valence-electron chi connectivity index (χ0n) is 31.0. The fraction of sp³-hybridized carbons (Fsp3) is 0. The summed E-state index contributed by atoms with van der Waals surface area (Å²) in [6.45, 7) is 0.0150. The summed E-state index contributed by atoms with van der Waals surface area (Å²) in [7, 11) is 0. The van der Waals surface area contributed by atoms with Gasteiger partial charge >= 0.3 is 0 Å². The largest absolute Gasteiger partial charge is 0.453 e. The van der Waals surface area contributed by atoms with Gasteiger partial charge in [-0.3, -0.25) is 0 Å². The molecule has 0 bridgehead atoms. The lowest BCUT2D eigenvalue weighted by Gasteiger charge is -2.44. The van der Waals surface area contributed by atoms with Crippen LogP contribution in [-0.2, 0) is 0 Å². The maximum absolute atomic E-state index is 7.33. The predicted octanol–water partition coefficient (Wildman–Crippen LogP) is 12.3. The van der Waals surface area contributed by atoms with E-state index in [-0.39, 0.29) is 6.71 Å². The SMILES string of the molecule is c1ccc(N(c2ccccc2)c2ccc3c(ccc4c5cc6c7c(c5oc34)N(c3ccccc3)c3ccccc3B7c3ccccc3N6c3ccccc3)c2)cc1. The third-order valence-electron chi connectivity index (χ3n) is 11.8. The molecule has 0 saturated carbocycles. The number of hydrogen-bond acceptors (Lipinski definition) is 4. The third kappa shape index (κ3) is 4.76. The molecule has 4 nitrogen and oxygen atoms in total. The summed E-state index contributed by atoms with van der Waals surface area (Å²) in [4.78, 5) is 7.20. The van der Waals surface area contributed by atoms with Crippen molar-refractivity contribution in [3.63, 3.8) is 0 Å². The Bertz CT molecular complexity index is 3100. The third-order valence-corrected chi connectivity index (χ3v) is 11.8. The molecule has 0 radical (unpaired) electrons. The topological polar surface area (TPSA) is 22.9 Å². The van der Waals surface area contributed by atoms with E-state index < -0.39 is 0 Å². The van der Waals surface area contributed by atoms with Crippen molar-refractivity contribution in [2.45, 2.75) is 0 Å². The fourth-order valence-corrected chi connectivity index (χ4v) is 9.40. The molecule has 2 aliphatic heterocycles. The lowest BCUT2D eigenvalue weighted by molar-refractivity contribution is 0.673. The van der Waals surface area contributed by atoms with Crippen molar-refractivity contribution in [1.82, 2.24) is 0 Å². The molecular weight excluding hydrogens is 693 g/mol. The summed E-state index contributed by atoms with van der Waals surface area (Å²) in [5.41, 5.74) is 15.8. The molecule has 0 fully saturated rings. The van der Waals surface area contributed by atoms with Gasteiger partial charge in [0.25, 0.3) is 6.71 Å². The predicted molar refractivity (Wildman–Crippen MR) is 240 cm³/mol. The number of para-hydroxylation sites is 6. The highest BCUT2D eigenvalue weighted by Gasteiger charge is 2.44. The van der Waals surface area contributed by atoms with Crippen LogP contribution in [0.3, 0.4) is 0 Å². The van der Waals surface area contributed by atoms with E-state index in [1.165, 1.54) is 33.5 Å². The Morgan fingerprint density at radius 2 is 0.912 bits per heavy atom. The second-order valence-electron chi connectivity index (χ2n) is 14.9. The Morgan fingerprint density at radius 1 is 0.386 bits per heavy atom. The zero-order valence-corrected chi connectivity index (χ0v) is 31.0. The van der Waals surface area contributed by atoms with Crippen LogP contribution in [0.2, 0.25) is 0 Å². The highest BCUT2D eigenvalue weighted by atomic mass is 16.3. The fourth-order valence-electron chi connectivity index (χ4n) is 9.40. The summed E-state index contributed by atoms with van der Waals surface area (Å²) < 4.78 is 7.33. The molecule has 57 heavy (non-hydrogen) atoms. The first kappa shape index (κ1) is 31.8. The summed E-state index contributed by atoms with van der Waals surface area (Å²) >= 11 is 0. The molecule has 5 heteroatoms. The normalized spacial score (nSPS) is 12.8. The first-order chi connectivity index (χ1) is 28.3. The van der Waals surface area contributed by atoms with Crippen molar-refractivity contribution < 1.29 is 4.42 Å². The van der Waals surface area contributed by atoms with E-state index >= 15 is 0 Å². The maximum Gasteiger partial charge on any atom is 0.252 e. The number of anilines is 9. The summed E-state index contributed by atoms with van der Waals surface area (Å²) in [5, 5.41) is 4.40. The first-order valence-corrected chi connectivity index (χ1v) is 19.6. The molecule has 10 aromatic rings. The van der Waals surface area contributed by atoms with Gasteiger partial charge in [0.1, 0.15) is 5.58 Å². The van der Waals surface area contributed by atoms with Crippen molar-refractivity contribution in [3.8, 4) is 0 Å². The highest BCUT2D eigenvalue weighted by Crippen LogP contribution is 2.50. The molecule has 0 N–H and O–H groups in total. The van der Waals surface area contributed by atoms with E-state index in [1.54, 1.807) is 0 Å². The van der Waals surface area contributed by atoms with Crippen LogP contribution in [0.5, 0.6) is 0 Å². The molecule has 3 heterocycles. The molecule has 0 amide bonds. The van der Waals surface area contributed by atoms with Gasteiger partial charge in [0.2, 0.25) is 0 Å². The van der Waals surface area contributed by atoms with Crippen molar-refractivity contribution in [2.24, 2.45) is 0 Å². The van der Waals surface area contributed by atoms with Gasteiger partial charge in [0, 0.05) is 61.7 Å². The van der Waals surface area contributed by atoms with E-state index in [4.69, 9.17) is 4.42 Å². The minimum Gasteiger partial charge on any atom is -0.453 e. The number of benzene rings is 9. The van der Waals surface area contributed by atoms with E-state index in [9.17, 15) is 0 Å². The highest BCUT2D eigenvalue weighted by molar-refractivity contribution is 7.00. The standard InChI is InChI=1S/C52H34BN3O/c1-5-17-36(18-6-1)54(37-19-7-2-8-20-37)40-30-32-41-35(33-40)29-31-42-43-34-48-49-50(52(43)57-51(41)42)56(39-23-11-4-12-24-39)47-28-16-14-26-45(47)53(49)44-25-13-15-27-46(44)55(48)38-21-9-3-10-22-38/h1-34H. The van der Waals surface area contributed by atoms with Gasteiger partial charge in [-0.25, -0.2) is 0 Å². The minimum atomic E-state index is 0.0150. The molecular formula is C52H34BN3O. The van der Waals surface area contributed by atoms with Crippen molar-refractivity contribution >= 4 is 107 Å². The van der Waals surface area contributed by atoms with E-state index in [2.05, 4.69) is 221 Å². The van der Waals surface area contributed by atoms with Crippen LogP contribution in [0, 0.1) is 0 Å². The average molecular weight is 728 g/mol. The Balaban J connectivity index is 1.16. The van der Waals surface area contributed by atoms with Crippen molar-refractivity contribution in [1.29, 1.82) is 0 Å². The smallest absolute Gasteiger partial charge is 0.252 e. The molecule has 12 rings (SSSR count). The summed E-state index contributed by atoms with van der Waals surface area (Å²) in [5.74, 6) is 0. The van der Waals surface area contributed by atoms with Crippen LogP contribution in [0.25, 0.3) is 32.7 Å². The van der Waals surface area contributed by atoms with Gasteiger partial charge in [-0.1, -0.05) is 115 Å². The van der Waals surface area contributed by atoms with Crippen molar-refractivity contribution in [2.75, 3.05) is 14.7 Å². The second kappa shape index (κ2) is 12.5. The number of furan rings is 1. The molecule has 0 atom stereocenters. The monoisotopic (exact) mass is 727 g/mol. The van der Waals surface area contributed by atoms with Crippen molar-refractivity contribution in [3.05, 3.63) is 206 Å². The van der Waals surface area contributed by atoms with E-state index in [1.807, 2.05) is 0 Å². The summed E-state index contributed by atoms with van der Waals surface area (Å²) in [6.07, 6.45) is 0. The quantitative estimate of drug-likeness (QED) is 0.165. The lowest BCUT2D eigenvalue weighted by atomic mass is 9.33. The minimum absolute atomic E-state index is 0.0150. The molecule has 9 aromatic carbocycles. The van der Waals surface area contributed by atoms with Gasteiger partial charge in [-0.2, -0.15) is 0 Å². The molecule has 2 aliphatic rings. The lowest BCUT2D eigenvalue weighted by Crippen LogP contribution is -2.61. The molecule has 1 aromatic heterocycles. The number of nitrogens with zero attached hydrogens (tertiary/aromatic N) is 3. The van der Waals surface area contributed by atoms with Gasteiger partial charge in [-0.15, -0.1) is 0 Å². The van der Waals surface area contributed by atoms with Crippen LogP contribution in [0.15, 0.2) is 211 Å². The van der Waals surface area contributed by atoms with Gasteiger partial charge in [0.05, 0.1) is 5.69 Å². The first-order valence-electron chi connectivity index (χ1n) is 19.6. The van der Waals surface area contributed by atoms with Gasteiger partial charge in [0.15, 0.2) is 5.58 Å². The Morgan fingerprint density at radius 3 is 1.54 bits per heavy atom. The number of hydrogen-bond donors (Lipinski definition) is 0. The molecule has 0 aliphatic carbocycles. The maximum atomic E-state index is 7.33. The summed E-state index contributed by atoms with van der Waals surface area (Å²) in [6, 6.07) is 74.1. The zero-order chi connectivity index (χ0) is 37.5. The molecule has 0 saturated heterocycles. The van der Waals surface area contributed by atoms with Crippen LogP contribution in [0.1, 0.15) is 0 Å². The Labute approximate surface area is 331 Å². The van der Waals surface area contributed by atoms with E-state index in [0.29, 0.717) is 0 Å². The molecule has 266 valence electrons.